The predicted octanol–water partition coefficient (Wildman–Crippen LogP) is 6.38. The van der Waals surface area contributed by atoms with Gasteiger partial charge in [0.25, 0.3) is 0 Å². The molecule has 1 unspecified atom stereocenters. The molecule has 1 amide bonds. The quantitative estimate of drug-likeness (QED) is 0.119. The van der Waals surface area contributed by atoms with Crippen LogP contribution in [0.5, 0.6) is 11.5 Å². The fourth-order valence-electron chi connectivity index (χ4n) is 5.22. The summed E-state index contributed by atoms with van der Waals surface area (Å²) < 4.78 is 11.8. The lowest BCUT2D eigenvalue weighted by Gasteiger charge is -2.39. The SMILES string of the molecule is COc1cc(C(C(N)=O)N(c2ccc(C(=N)N)cc2)C(c2ccccc2)c2ccccc2)ccc1OCc1ccccc1. The first-order valence-corrected chi connectivity index (χ1v) is 13.9. The van der Waals surface area contributed by atoms with Crippen molar-refractivity contribution >= 4 is 17.4 Å². The Balaban J connectivity index is 1.64. The van der Waals surface area contributed by atoms with Crippen LogP contribution >= 0.6 is 0 Å². The summed E-state index contributed by atoms with van der Waals surface area (Å²) in [6.07, 6.45) is 0. The number of nitrogens with two attached hydrogens (primary N) is 2. The van der Waals surface area contributed by atoms with Gasteiger partial charge in [-0.15, -0.1) is 0 Å². The summed E-state index contributed by atoms with van der Waals surface area (Å²) in [7, 11) is 1.57. The highest BCUT2D eigenvalue weighted by Gasteiger charge is 2.34. The van der Waals surface area contributed by atoms with Gasteiger partial charge < -0.3 is 25.8 Å². The smallest absolute Gasteiger partial charge is 0.244 e. The zero-order valence-electron chi connectivity index (χ0n) is 23.9. The molecular formula is C36H34N4O3. The monoisotopic (exact) mass is 570 g/mol. The van der Waals surface area contributed by atoms with Gasteiger partial charge >= 0.3 is 0 Å². The summed E-state index contributed by atoms with van der Waals surface area (Å²) in [4.78, 5) is 15.5. The molecule has 1 atom stereocenters. The van der Waals surface area contributed by atoms with Crippen molar-refractivity contribution in [2.45, 2.75) is 18.7 Å². The van der Waals surface area contributed by atoms with E-state index in [4.69, 9.17) is 26.4 Å². The Bertz CT molecular complexity index is 1620. The minimum Gasteiger partial charge on any atom is -0.493 e. The number of rotatable bonds is 12. The molecular weight excluding hydrogens is 536 g/mol. The van der Waals surface area contributed by atoms with Crippen molar-refractivity contribution in [2.75, 3.05) is 12.0 Å². The number of nitrogen functional groups attached to an aromatic ring is 1. The van der Waals surface area contributed by atoms with Gasteiger partial charge in [-0.3, -0.25) is 10.2 Å². The summed E-state index contributed by atoms with van der Waals surface area (Å²) in [5.41, 5.74) is 16.9. The Labute approximate surface area is 251 Å². The molecule has 5 aromatic carbocycles. The number of carbonyl (C=O) groups excluding carboxylic acids is 1. The minimum absolute atomic E-state index is 0.0388. The third-order valence-electron chi connectivity index (χ3n) is 7.27. The lowest BCUT2D eigenvalue weighted by Crippen LogP contribution is -2.41. The number of hydrogen-bond acceptors (Lipinski definition) is 5. The topological polar surface area (TPSA) is 115 Å². The van der Waals surface area contributed by atoms with Gasteiger partial charge in [0.1, 0.15) is 18.5 Å². The van der Waals surface area contributed by atoms with E-state index < -0.39 is 11.9 Å². The first-order valence-electron chi connectivity index (χ1n) is 13.9. The van der Waals surface area contributed by atoms with Crippen molar-refractivity contribution in [1.82, 2.24) is 0 Å². The highest BCUT2D eigenvalue weighted by atomic mass is 16.5. The molecule has 7 nitrogen and oxygen atoms in total. The number of carbonyl (C=O) groups is 1. The van der Waals surface area contributed by atoms with Crippen LogP contribution in [0.25, 0.3) is 0 Å². The second-order valence-corrected chi connectivity index (χ2v) is 10.1. The fraction of sp³-hybridized carbons (Fsp3) is 0.111. The number of anilines is 1. The molecule has 0 radical (unpaired) electrons. The minimum atomic E-state index is -0.898. The van der Waals surface area contributed by atoms with Crippen LogP contribution in [-0.4, -0.2) is 18.9 Å². The van der Waals surface area contributed by atoms with Crippen LogP contribution < -0.4 is 25.8 Å². The van der Waals surface area contributed by atoms with Crippen LogP contribution in [-0.2, 0) is 11.4 Å². The number of methoxy groups -OCH3 is 1. The number of nitrogens with zero attached hydrogens (tertiary/aromatic N) is 1. The molecule has 5 N–H and O–H groups in total. The van der Waals surface area contributed by atoms with Gasteiger partial charge in [0.2, 0.25) is 5.91 Å². The molecule has 0 heterocycles. The maximum Gasteiger partial charge on any atom is 0.244 e. The molecule has 0 aliphatic rings. The zero-order valence-corrected chi connectivity index (χ0v) is 23.9. The molecule has 216 valence electrons. The molecule has 7 heteroatoms. The van der Waals surface area contributed by atoms with E-state index in [2.05, 4.69) is 0 Å². The van der Waals surface area contributed by atoms with Crippen LogP contribution in [0.15, 0.2) is 133 Å². The second kappa shape index (κ2) is 13.4. The van der Waals surface area contributed by atoms with E-state index in [1.165, 1.54) is 0 Å². The maximum atomic E-state index is 13.5. The normalized spacial score (nSPS) is 11.5. The van der Waals surface area contributed by atoms with Gasteiger partial charge in [-0.1, -0.05) is 97.1 Å². The Hall–Kier alpha value is -5.56. The summed E-state index contributed by atoms with van der Waals surface area (Å²) in [6.45, 7) is 0.370. The van der Waals surface area contributed by atoms with Crippen LogP contribution in [0, 0.1) is 5.41 Å². The van der Waals surface area contributed by atoms with Crippen molar-refractivity contribution in [3.05, 3.63) is 161 Å². The zero-order chi connectivity index (χ0) is 30.2. The third-order valence-corrected chi connectivity index (χ3v) is 7.27. The summed E-state index contributed by atoms with van der Waals surface area (Å²) in [6, 6.07) is 41.3. The Morgan fingerprint density at radius 3 is 1.79 bits per heavy atom. The molecule has 0 bridgehead atoms. The van der Waals surface area contributed by atoms with E-state index in [1.807, 2.05) is 120 Å². The van der Waals surface area contributed by atoms with Gasteiger partial charge in [-0.2, -0.15) is 0 Å². The summed E-state index contributed by atoms with van der Waals surface area (Å²) in [5.74, 6) is 0.469. The van der Waals surface area contributed by atoms with Crippen LogP contribution in [0.1, 0.15) is 39.9 Å². The predicted molar refractivity (Wildman–Crippen MR) is 170 cm³/mol. The van der Waals surface area contributed by atoms with Gasteiger partial charge in [0.05, 0.1) is 13.2 Å². The lowest BCUT2D eigenvalue weighted by molar-refractivity contribution is -0.119. The van der Waals surface area contributed by atoms with Crippen molar-refractivity contribution in [2.24, 2.45) is 11.5 Å². The van der Waals surface area contributed by atoms with Crippen molar-refractivity contribution < 1.29 is 14.3 Å². The molecule has 0 aliphatic heterocycles. The van der Waals surface area contributed by atoms with Gasteiger partial charge in [-0.05, 0) is 58.7 Å². The van der Waals surface area contributed by atoms with Crippen molar-refractivity contribution in [1.29, 1.82) is 5.41 Å². The van der Waals surface area contributed by atoms with Gasteiger partial charge in [-0.25, -0.2) is 0 Å². The highest BCUT2D eigenvalue weighted by molar-refractivity contribution is 5.95. The van der Waals surface area contributed by atoms with E-state index in [9.17, 15) is 4.79 Å². The molecule has 0 aromatic heterocycles. The Morgan fingerprint density at radius 2 is 1.28 bits per heavy atom. The molecule has 5 rings (SSSR count). The number of benzene rings is 5. The van der Waals surface area contributed by atoms with E-state index in [-0.39, 0.29) is 11.9 Å². The van der Waals surface area contributed by atoms with Gasteiger partial charge in [0.15, 0.2) is 11.5 Å². The second-order valence-electron chi connectivity index (χ2n) is 10.1. The Morgan fingerprint density at radius 1 is 0.721 bits per heavy atom. The summed E-state index contributed by atoms with van der Waals surface area (Å²) in [5, 5.41) is 7.87. The third kappa shape index (κ3) is 6.68. The number of hydrogen-bond donors (Lipinski definition) is 3. The van der Waals surface area contributed by atoms with E-state index in [0.717, 1.165) is 22.4 Å². The Kier molecular flexibility index (Phi) is 9.02. The molecule has 0 aliphatic carbocycles. The first kappa shape index (κ1) is 29.0. The van der Waals surface area contributed by atoms with E-state index >= 15 is 0 Å². The number of nitrogens with one attached hydrogen (secondary N) is 1. The molecule has 0 spiro atoms. The van der Waals surface area contributed by atoms with Crippen molar-refractivity contribution in [3.63, 3.8) is 0 Å². The number of primary amides is 1. The van der Waals surface area contributed by atoms with Gasteiger partial charge in [0, 0.05) is 11.3 Å². The summed E-state index contributed by atoms with van der Waals surface area (Å²) >= 11 is 0. The number of amidine groups is 1. The first-order chi connectivity index (χ1) is 21.0. The highest BCUT2D eigenvalue weighted by Crippen LogP contribution is 2.41. The standard InChI is InChI=1S/C36H34N4O3/c1-42-32-23-29(19-22-31(32)43-24-25-11-5-2-6-12-25)34(36(39)41)40(30-20-17-28(18-21-30)35(37)38)33(26-13-7-3-8-14-26)27-15-9-4-10-16-27/h2-23,33-34H,24H2,1H3,(H3,37,38)(H2,39,41). The molecule has 0 saturated carbocycles. The lowest BCUT2D eigenvalue weighted by atomic mass is 9.92. The average molecular weight is 571 g/mol. The molecule has 0 saturated heterocycles. The van der Waals surface area contributed by atoms with E-state index in [1.54, 1.807) is 25.3 Å². The average Bonchev–Trinajstić information content (AvgIpc) is 3.05. The van der Waals surface area contributed by atoms with E-state index in [0.29, 0.717) is 29.2 Å². The largest absolute Gasteiger partial charge is 0.493 e. The fourth-order valence-corrected chi connectivity index (χ4v) is 5.22. The molecule has 5 aromatic rings. The molecule has 0 fully saturated rings. The number of amides is 1. The van der Waals surface area contributed by atoms with Crippen LogP contribution in [0.2, 0.25) is 0 Å². The maximum absolute atomic E-state index is 13.5. The number of ether oxygens (including phenoxy) is 2. The molecule has 43 heavy (non-hydrogen) atoms. The van der Waals surface area contributed by atoms with Crippen LogP contribution in [0.3, 0.4) is 0 Å². The van der Waals surface area contributed by atoms with Crippen LogP contribution in [0.4, 0.5) is 5.69 Å². The van der Waals surface area contributed by atoms with Crippen molar-refractivity contribution in [3.8, 4) is 11.5 Å².